The summed E-state index contributed by atoms with van der Waals surface area (Å²) in [6.45, 7) is 2.78. The molecule has 0 radical (unpaired) electrons. The van der Waals surface area contributed by atoms with Gasteiger partial charge < -0.3 is 25.0 Å². The van der Waals surface area contributed by atoms with E-state index in [-0.39, 0.29) is 18.0 Å². The number of nitrogens with zero attached hydrogens (tertiary/aromatic N) is 1. The fraction of sp³-hybridized carbons (Fsp3) is 0.440. The number of rotatable bonds is 5. The van der Waals surface area contributed by atoms with Crippen molar-refractivity contribution in [3.63, 3.8) is 0 Å². The lowest BCUT2D eigenvalue weighted by Crippen LogP contribution is -2.51. The third-order valence-electron chi connectivity index (χ3n) is 6.42. The lowest BCUT2D eigenvalue weighted by molar-refractivity contribution is -0.123. The highest BCUT2D eigenvalue weighted by Crippen LogP contribution is 2.33. The first-order valence-corrected chi connectivity index (χ1v) is 11.2. The number of urea groups is 1. The Bertz CT molecular complexity index is 1010. The van der Waals surface area contributed by atoms with Crippen molar-refractivity contribution in [2.45, 2.75) is 51.2 Å². The number of carbonyl (C=O) groups is 2. The smallest absolute Gasteiger partial charge is 0.318 e. The zero-order valence-corrected chi connectivity index (χ0v) is 18.9. The predicted molar refractivity (Wildman–Crippen MR) is 122 cm³/mol. The summed E-state index contributed by atoms with van der Waals surface area (Å²) < 4.78 is 10.8. The van der Waals surface area contributed by atoms with E-state index < -0.39 is 6.04 Å². The van der Waals surface area contributed by atoms with Gasteiger partial charge in [0.05, 0.1) is 20.3 Å². The van der Waals surface area contributed by atoms with E-state index in [1.165, 1.54) is 11.1 Å². The summed E-state index contributed by atoms with van der Waals surface area (Å²) in [7, 11) is 3.22. The molecule has 0 bridgehead atoms. The number of hydrogen-bond acceptors (Lipinski definition) is 4. The van der Waals surface area contributed by atoms with Crippen LogP contribution in [-0.2, 0) is 24.2 Å². The lowest BCUT2D eigenvalue weighted by Gasteiger charge is -2.31. The van der Waals surface area contributed by atoms with Crippen LogP contribution in [0.2, 0.25) is 0 Å². The van der Waals surface area contributed by atoms with Crippen LogP contribution in [-0.4, -0.2) is 43.6 Å². The number of aryl methyl sites for hydroxylation is 1. The van der Waals surface area contributed by atoms with E-state index >= 15 is 0 Å². The van der Waals surface area contributed by atoms with Crippen LogP contribution in [0.4, 0.5) is 4.79 Å². The van der Waals surface area contributed by atoms with Crippen molar-refractivity contribution in [3.8, 4) is 11.5 Å². The van der Waals surface area contributed by atoms with Gasteiger partial charge in [-0.2, -0.15) is 0 Å². The van der Waals surface area contributed by atoms with E-state index in [2.05, 4.69) is 22.8 Å². The van der Waals surface area contributed by atoms with Crippen LogP contribution in [0.25, 0.3) is 0 Å². The average Bonchev–Trinajstić information content (AvgIpc) is 2.82. The maximum absolute atomic E-state index is 12.9. The molecule has 0 aromatic heterocycles. The molecule has 2 aromatic rings. The monoisotopic (exact) mass is 437 g/mol. The molecular weight excluding hydrogens is 406 g/mol. The minimum absolute atomic E-state index is 0.00360. The minimum atomic E-state index is -0.622. The molecule has 0 fully saturated rings. The summed E-state index contributed by atoms with van der Waals surface area (Å²) in [5, 5.41) is 5.99. The molecule has 0 saturated carbocycles. The molecule has 7 heteroatoms. The van der Waals surface area contributed by atoms with Crippen molar-refractivity contribution in [2.75, 3.05) is 20.8 Å². The first-order valence-electron chi connectivity index (χ1n) is 11.2. The molecule has 1 aliphatic heterocycles. The largest absolute Gasteiger partial charge is 0.493 e. The number of methoxy groups -OCH3 is 2. The Labute approximate surface area is 189 Å². The topological polar surface area (TPSA) is 79.9 Å². The van der Waals surface area contributed by atoms with Crippen molar-refractivity contribution >= 4 is 11.9 Å². The summed E-state index contributed by atoms with van der Waals surface area (Å²) in [5.41, 5.74) is 4.65. The van der Waals surface area contributed by atoms with Crippen LogP contribution in [0.5, 0.6) is 11.5 Å². The van der Waals surface area contributed by atoms with Gasteiger partial charge in [0.2, 0.25) is 5.91 Å². The Morgan fingerprint density at radius 1 is 1.03 bits per heavy atom. The summed E-state index contributed by atoms with van der Waals surface area (Å²) in [6.07, 6.45) is 3.73. The molecule has 4 rings (SSSR count). The number of nitrogens with one attached hydrogen (secondary N) is 2. The van der Waals surface area contributed by atoms with Crippen molar-refractivity contribution in [1.29, 1.82) is 0 Å². The zero-order chi connectivity index (χ0) is 22.7. The fourth-order valence-electron chi connectivity index (χ4n) is 4.60. The highest BCUT2D eigenvalue weighted by atomic mass is 16.5. The highest BCUT2D eigenvalue weighted by Gasteiger charge is 2.27. The molecule has 1 heterocycles. The Kier molecular flexibility index (Phi) is 6.53. The van der Waals surface area contributed by atoms with E-state index in [9.17, 15) is 9.59 Å². The molecule has 2 atom stereocenters. The van der Waals surface area contributed by atoms with Gasteiger partial charge in [0.25, 0.3) is 0 Å². The number of hydrogen-bond donors (Lipinski definition) is 2. The molecule has 32 heavy (non-hydrogen) atoms. The molecular formula is C25H31N3O4. The molecule has 7 nitrogen and oxygen atoms in total. The molecule has 1 aliphatic carbocycles. The summed E-state index contributed by atoms with van der Waals surface area (Å²) in [4.78, 5) is 27.4. The van der Waals surface area contributed by atoms with E-state index in [1.807, 2.05) is 24.3 Å². The molecule has 170 valence electrons. The van der Waals surface area contributed by atoms with Gasteiger partial charge in [0.15, 0.2) is 11.5 Å². The van der Waals surface area contributed by atoms with Crippen molar-refractivity contribution in [2.24, 2.45) is 0 Å². The van der Waals surface area contributed by atoms with Gasteiger partial charge in [0, 0.05) is 13.1 Å². The second-order valence-electron chi connectivity index (χ2n) is 8.47. The Morgan fingerprint density at radius 3 is 2.50 bits per heavy atom. The van der Waals surface area contributed by atoms with Crippen molar-refractivity contribution < 1.29 is 19.1 Å². The fourth-order valence-corrected chi connectivity index (χ4v) is 4.60. The maximum Gasteiger partial charge on any atom is 0.318 e. The van der Waals surface area contributed by atoms with Crippen LogP contribution >= 0.6 is 0 Å². The Morgan fingerprint density at radius 2 is 1.75 bits per heavy atom. The number of carbonyl (C=O) groups excluding carboxylic acids is 2. The number of ether oxygens (including phenoxy) is 2. The molecule has 2 N–H and O–H groups in total. The molecule has 0 unspecified atom stereocenters. The van der Waals surface area contributed by atoms with Crippen molar-refractivity contribution in [1.82, 2.24) is 15.5 Å². The summed E-state index contributed by atoms with van der Waals surface area (Å²) >= 11 is 0. The van der Waals surface area contributed by atoms with Crippen LogP contribution in [0.15, 0.2) is 36.4 Å². The zero-order valence-electron chi connectivity index (χ0n) is 18.9. The molecule has 0 saturated heterocycles. The second kappa shape index (κ2) is 9.51. The quantitative estimate of drug-likeness (QED) is 0.752. The van der Waals surface area contributed by atoms with Crippen LogP contribution < -0.4 is 20.1 Å². The van der Waals surface area contributed by atoms with Gasteiger partial charge in [-0.1, -0.05) is 24.3 Å². The first-order chi connectivity index (χ1) is 15.5. The second-order valence-corrected chi connectivity index (χ2v) is 8.47. The Balaban J connectivity index is 1.37. The van der Waals surface area contributed by atoms with Crippen LogP contribution in [0.1, 0.15) is 48.1 Å². The van der Waals surface area contributed by atoms with Gasteiger partial charge in [-0.15, -0.1) is 0 Å². The SMILES string of the molecule is COc1cc2c(cc1OC)CN(C(=O)N[C@@H](C)C(=O)N[C@H]1CCCc3ccccc31)CC2. The number of fused-ring (bicyclic) bond motifs is 2. The normalized spacial score (nSPS) is 18.1. The minimum Gasteiger partial charge on any atom is -0.493 e. The van der Waals surface area contributed by atoms with Gasteiger partial charge in [0.1, 0.15) is 6.04 Å². The third kappa shape index (κ3) is 4.52. The van der Waals surface area contributed by atoms with Gasteiger partial charge in [-0.05, 0) is 67.0 Å². The van der Waals surface area contributed by atoms with E-state index in [0.717, 1.165) is 36.8 Å². The van der Waals surface area contributed by atoms with E-state index in [1.54, 1.807) is 26.0 Å². The standard InChI is InChI=1S/C25H31N3O4/c1-16(24(29)27-21-10-6-8-17-7-4-5-9-20(17)21)26-25(30)28-12-11-18-13-22(31-2)23(32-3)14-19(18)15-28/h4-5,7,9,13-14,16,21H,6,8,10-12,15H2,1-3H3,(H,26,30)(H,27,29)/t16-,21-/m0/s1. The van der Waals surface area contributed by atoms with Gasteiger partial charge >= 0.3 is 6.03 Å². The summed E-state index contributed by atoms with van der Waals surface area (Å²) in [6, 6.07) is 11.3. The molecule has 3 amide bonds. The maximum atomic E-state index is 12.9. The highest BCUT2D eigenvalue weighted by molar-refractivity contribution is 5.87. The lowest BCUT2D eigenvalue weighted by atomic mass is 9.87. The van der Waals surface area contributed by atoms with E-state index in [0.29, 0.717) is 24.6 Å². The third-order valence-corrected chi connectivity index (χ3v) is 6.42. The molecule has 0 spiro atoms. The Hall–Kier alpha value is -3.22. The van der Waals surface area contributed by atoms with E-state index in [4.69, 9.17) is 9.47 Å². The number of amides is 3. The summed E-state index contributed by atoms with van der Waals surface area (Å²) in [5.74, 6) is 1.18. The van der Waals surface area contributed by atoms with Crippen molar-refractivity contribution in [3.05, 3.63) is 58.7 Å². The molecule has 2 aromatic carbocycles. The average molecular weight is 438 g/mol. The van der Waals surface area contributed by atoms with Gasteiger partial charge in [-0.3, -0.25) is 4.79 Å². The number of benzene rings is 2. The first kappa shape index (κ1) is 22.0. The molecule has 2 aliphatic rings. The van der Waals surface area contributed by atoms with Crippen LogP contribution in [0.3, 0.4) is 0 Å². The van der Waals surface area contributed by atoms with Crippen LogP contribution in [0, 0.1) is 0 Å². The predicted octanol–water partition coefficient (Wildman–Crippen LogP) is 3.35. The van der Waals surface area contributed by atoms with Gasteiger partial charge in [-0.25, -0.2) is 4.79 Å².